The van der Waals surface area contributed by atoms with Gasteiger partial charge in [-0.25, -0.2) is 0 Å². The Kier molecular flexibility index (Phi) is 12.4. The molecule has 12 aromatic carbocycles. The Morgan fingerprint density at radius 3 is 0.562 bits per heavy atom. The summed E-state index contributed by atoms with van der Waals surface area (Å²) in [5.41, 5.74) is 13.4. The molecule has 344 valence electrons. The summed E-state index contributed by atoms with van der Waals surface area (Å²) in [6.45, 7) is 0. The van der Waals surface area contributed by atoms with E-state index >= 15 is 0 Å². The van der Waals surface area contributed by atoms with Gasteiger partial charge in [-0.05, 0) is 134 Å². The summed E-state index contributed by atoms with van der Waals surface area (Å²) in [5.74, 6) is 0. The zero-order valence-corrected chi connectivity index (χ0v) is 40.5. The van der Waals surface area contributed by atoms with Gasteiger partial charge < -0.3 is 0 Å². The molecule has 0 heteroatoms. The Morgan fingerprint density at radius 1 is 0.164 bits per heavy atom. The molecule has 0 nitrogen and oxygen atoms in total. The fourth-order valence-corrected chi connectivity index (χ4v) is 10.4. The van der Waals surface area contributed by atoms with Crippen LogP contribution < -0.4 is 0 Å². The van der Waals surface area contributed by atoms with Gasteiger partial charge in [0.25, 0.3) is 0 Å². The molecule has 0 aromatic heterocycles. The maximum atomic E-state index is 2.33. The van der Waals surface area contributed by atoms with Gasteiger partial charge in [0.05, 0.1) is 5.41 Å². The Hall–Kier alpha value is -9.36. The lowest BCUT2D eigenvalue weighted by Crippen LogP contribution is -2.31. The highest BCUT2D eigenvalue weighted by molar-refractivity contribution is 5.89. The number of rotatable bonds is 12. The van der Waals surface area contributed by atoms with Crippen LogP contribution in [0.2, 0.25) is 0 Å². The lowest BCUT2D eigenvalue weighted by atomic mass is 9.64. The van der Waals surface area contributed by atoms with Crippen molar-refractivity contribution in [2.75, 3.05) is 0 Å². The first kappa shape index (κ1) is 44.8. The first-order valence-corrected chi connectivity index (χ1v) is 25.2. The highest BCUT2D eigenvalue weighted by Gasteiger charge is 2.38. The molecule has 0 heterocycles. The van der Waals surface area contributed by atoms with Crippen LogP contribution in [0.1, 0.15) is 66.8 Å². The SMILES string of the molecule is C(=C\c1ccc2ccccc2c1)/c1ccc(C(c2ccc(/C=C/c3ccc4ccccc4c3)cc2)(c2ccc(/C=C/c3ccc4ccccc4c3)cc2)c2ccc(/C=C/c3ccc4ccccc4c3)cc2)cc1. The predicted octanol–water partition coefficient (Wildman–Crippen LogP) is 19.4. The second-order valence-corrected chi connectivity index (χ2v) is 19.0. The molecule has 0 bridgehead atoms. The van der Waals surface area contributed by atoms with Crippen LogP contribution in [-0.2, 0) is 5.41 Å². The number of fused-ring (bicyclic) bond motifs is 4. The summed E-state index contributed by atoms with van der Waals surface area (Å²) in [7, 11) is 0. The highest BCUT2D eigenvalue weighted by atomic mass is 14.4. The quantitative estimate of drug-likeness (QED) is 0.0846. The second kappa shape index (κ2) is 20.2. The maximum absolute atomic E-state index is 2.33. The third kappa shape index (κ3) is 9.63. The fraction of sp³-hybridized carbons (Fsp3) is 0.0137. The molecule has 73 heavy (non-hydrogen) atoms. The van der Waals surface area contributed by atoms with E-state index in [9.17, 15) is 0 Å². The normalized spacial score (nSPS) is 12.2. The Labute approximate surface area is 428 Å². The van der Waals surface area contributed by atoms with E-state index in [1.54, 1.807) is 0 Å². The van der Waals surface area contributed by atoms with Crippen molar-refractivity contribution < 1.29 is 0 Å². The zero-order chi connectivity index (χ0) is 48.8. The maximum Gasteiger partial charge on any atom is 0.0701 e. The summed E-state index contributed by atoms with van der Waals surface area (Å²) in [4.78, 5) is 0. The van der Waals surface area contributed by atoms with Gasteiger partial charge in [-0.15, -0.1) is 0 Å². The Balaban J connectivity index is 0.951. The van der Waals surface area contributed by atoms with Crippen molar-refractivity contribution in [3.05, 3.63) is 334 Å². The third-order valence-electron chi connectivity index (χ3n) is 14.3. The van der Waals surface area contributed by atoms with Crippen LogP contribution in [0.4, 0.5) is 0 Å². The molecule has 12 aromatic rings. The van der Waals surface area contributed by atoms with Gasteiger partial charge in [0, 0.05) is 0 Å². The van der Waals surface area contributed by atoms with Crippen molar-refractivity contribution >= 4 is 91.7 Å². The average molecular weight is 929 g/mol. The molecule has 0 amide bonds. The van der Waals surface area contributed by atoms with Crippen LogP contribution in [0.25, 0.3) is 91.7 Å². The molecule has 0 radical (unpaired) electrons. The minimum Gasteiger partial charge on any atom is -0.0616 e. The van der Waals surface area contributed by atoms with Crippen molar-refractivity contribution in [2.45, 2.75) is 5.41 Å². The van der Waals surface area contributed by atoms with E-state index in [0.717, 1.165) is 22.3 Å². The van der Waals surface area contributed by atoms with Crippen LogP contribution in [0.3, 0.4) is 0 Å². The topological polar surface area (TPSA) is 0 Å². The molecular formula is C73H52. The Morgan fingerprint density at radius 2 is 0.342 bits per heavy atom. The first-order valence-electron chi connectivity index (χ1n) is 25.2. The van der Waals surface area contributed by atoms with Gasteiger partial charge in [-0.2, -0.15) is 0 Å². The monoisotopic (exact) mass is 928 g/mol. The zero-order valence-electron chi connectivity index (χ0n) is 40.5. The number of benzene rings is 12. The minimum absolute atomic E-state index is 0.664. The molecule has 0 aliphatic rings. The number of hydrogen-bond donors (Lipinski definition) is 0. The van der Waals surface area contributed by atoms with Crippen LogP contribution >= 0.6 is 0 Å². The van der Waals surface area contributed by atoms with Crippen molar-refractivity contribution in [1.82, 2.24) is 0 Å². The molecule has 0 aliphatic carbocycles. The molecular weight excluding hydrogens is 877 g/mol. The van der Waals surface area contributed by atoms with E-state index in [4.69, 9.17) is 0 Å². The molecule has 0 saturated carbocycles. The van der Waals surface area contributed by atoms with E-state index in [2.05, 4.69) is 316 Å². The standard InChI is InChI=1S/C73H52/c1-5-13-65-49-57(25-37-61(65)9-1)21-17-53-29-41-69(42-30-53)73(70-43-31-54(32-44-70)18-22-58-26-38-62-10-2-6-14-66(62)50-58,71-45-33-55(34-46-71)19-23-59-27-39-63-11-3-7-15-67(63)51-59)72-47-35-56(36-48-72)20-24-60-28-40-64-12-4-8-16-68(64)52-60/h1-52H/b21-17+,22-18+,23-19+,24-20+. The average Bonchev–Trinajstić information content (AvgIpc) is 3.46. The van der Waals surface area contributed by atoms with Crippen LogP contribution in [0.5, 0.6) is 0 Å². The van der Waals surface area contributed by atoms with Gasteiger partial charge in [0.2, 0.25) is 0 Å². The van der Waals surface area contributed by atoms with Crippen molar-refractivity contribution in [3.63, 3.8) is 0 Å². The van der Waals surface area contributed by atoms with E-state index < -0.39 is 5.41 Å². The van der Waals surface area contributed by atoms with Gasteiger partial charge in [0.1, 0.15) is 0 Å². The summed E-state index contributed by atoms with van der Waals surface area (Å²) in [6, 6.07) is 97.5. The first-order chi connectivity index (χ1) is 36.1. The lowest BCUT2D eigenvalue weighted by Gasteiger charge is -2.37. The lowest BCUT2D eigenvalue weighted by molar-refractivity contribution is 0.744. The van der Waals surface area contributed by atoms with Crippen molar-refractivity contribution in [2.24, 2.45) is 0 Å². The third-order valence-corrected chi connectivity index (χ3v) is 14.3. The van der Waals surface area contributed by atoms with E-state index in [1.807, 2.05) is 0 Å². The van der Waals surface area contributed by atoms with Gasteiger partial charge in [-0.1, -0.05) is 291 Å². The van der Waals surface area contributed by atoms with Crippen LogP contribution in [-0.4, -0.2) is 0 Å². The molecule has 0 N–H and O–H groups in total. The van der Waals surface area contributed by atoms with E-state index in [0.29, 0.717) is 0 Å². The molecule has 0 saturated heterocycles. The van der Waals surface area contributed by atoms with Gasteiger partial charge in [-0.3, -0.25) is 0 Å². The fourth-order valence-electron chi connectivity index (χ4n) is 10.4. The molecule has 12 rings (SSSR count). The highest BCUT2D eigenvalue weighted by Crippen LogP contribution is 2.46. The smallest absolute Gasteiger partial charge is 0.0616 e. The van der Waals surface area contributed by atoms with Crippen LogP contribution in [0.15, 0.2) is 267 Å². The predicted molar refractivity (Wildman–Crippen MR) is 316 cm³/mol. The molecule has 0 fully saturated rings. The summed E-state index contributed by atoms with van der Waals surface area (Å²) < 4.78 is 0. The largest absolute Gasteiger partial charge is 0.0701 e. The molecule has 0 atom stereocenters. The van der Waals surface area contributed by atoms with E-state index in [1.165, 1.54) is 87.6 Å². The minimum atomic E-state index is -0.664. The summed E-state index contributed by atoms with van der Waals surface area (Å²) in [6.07, 6.45) is 17.7. The summed E-state index contributed by atoms with van der Waals surface area (Å²) in [5, 5.41) is 9.95. The molecule has 0 spiro atoms. The molecule has 0 unspecified atom stereocenters. The second-order valence-electron chi connectivity index (χ2n) is 19.0. The Bertz CT molecular complexity index is 3490. The molecule has 0 aliphatic heterocycles. The number of hydrogen-bond acceptors (Lipinski definition) is 0. The van der Waals surface area contributed by atoms with Gasteiger partial charge >= 0.3 is 0 Å². The van der Waals surface area contributed by atoms with Crippen molar-refractivity contribution in [1.29, 1.82) is 0 Å². The van der Waals surface area contributed by atoms with Crippen molar-refractivity contribution in [3.8, 4) is 0 Å². The van der Waals surface area contributed by atoms with Gasteiger partial charge in [0.15, 0.2) is 0 Å². The summed E-state index contributed by atoms with van der Waals surface area (Å²) >= 11 is 0. The van der Waals surface area contributed by atoms with E-state index in [-0.39, 0.29) is 0 Å². The van der Waals surface area contributed by atoms with Crippen LogP contribution in [0, 0.1) is 0 Å².